The van der Waals surface area contributed by atoms with Gasteiger partial charge in [0.05, 0.1) is 7.11 Å². The van der Waals surface area contributed by atoms with Crippen LogP contribution in [0.1, 0.15) is 48.0 Å². The number of carbonyl (C=O) groups excluding carboxylic acids is 1. The summed E-state index contributed by atoms with van der Waals surface area (Å²) in [5, 5.41) is 9.69. The first-order valence-electron chi connectivity index (χ1n) is 10.6. The molecule has 0 aromatic heterocycles. The first kappa shape index (κ1) is 19.2. The van der Waals surface area contributed by atoms with Crippen molar-refractivity contribution >= 4 is 11.6 Å². The molecule has 0 unspecified atom stereocenters. The van der Waals surface area contributed by atoms with Crippen molar-refractivity contribution in [2.24, 2.45) is 0 Å². The molecule has 1 heterocycles. The van der Waals surface area contributed by atoms with Crippen LogP contribution in [0, 0.1) is 5.82 Å². The first-order valence-corrected chi connectivity index (χ1v) is 10.6. The molecule has 0 spiro atoms. The van der Waals surface area contributed by atoms with Gasteiger partial charge in [0.15, 0.2) is 17.3 Å². The molecule has 5 nitrogen and oxygen atoms in total. The quantitative estimate of drug-likeness (QED) is 0.807. The Bertz CT molecular complexity index is 978. The highest BCUT2D eigenvalue weighted by molar-refractivity contribution is 5.95. The fourth-order valence-corrected chi connectivity index (χ4v) is 5.66. The highest BCUT2D eigenvalue weighted by Gasteiger charge is 2.70. The molecule has 2 aromatic rings. The maximum atomic E-state index is 14.0. The second-order valence-corrected chi connectivity index (χ2v) is 9.15. The maximum absolute atomic E-state index is 14.0. The third-order valence-electron chi connectivity index (χ3n) is 7.46. The van der Waals surface area contributed by atoms with Gasteiger partial charge in [0.1, 0.15) is 0 Å². The summed E-state index contributed by atoms with van der Waals surface area (Å²) in [4.78, 5) is 17.2. The lowest BCUT2D eigenvalue weighted by atomic mass is 9.37. The molecule has 1 saturated heterocycles. The number of amides is 1. The molecule has 6 heteroatoms. The van der Waals surface area contributed by atoms with Gasteiger partial charge in [-0.2, -0.15) is 0 Å². The number of benzene rings is 2. The van der Waals surface area contributed by atoms with Gasteiger partial charge in [-0.1, -0.05) is 12.1 Å². The SMILES string of the molecule is COc1cc(C(=O)N(C)C23CC(c4ccc(N5CCCC5)cc4)(C2)C3)cc(F)c1O. The molecule has 2 aromatic carbocycles. The van der Waals surface area contributed by atoms with E-state index >= 15 is 0 Å². The molecular weight excluding hydrogens is 383 g/mol. The third kappa shape index (κ3) is 2.69. The highest BCUT2D eigenvalue weighted by atomic mass is 19.1. The van der Waals surface area contributed by atoms with Crippen LogP contribution >= 0.6 is 0 Å². The van der Waals surface area contributed by atoms with Crippen LogP contribution in [0.15, 0.2) is 36.4 Å². The zero-order chi connectivity index (χ0) is 21.1. The Morgan fingerprint density at radius 3 is 2.37 bits per heavy atom. The van der Waals surface area contributed by atoms with E-state index in [0.29, 0.717) is 0 Å². The maximum Gasteiger partial charge on any atom is 0.254 e. The fraction of sp³-hybridized carbons (Fsp3) is 0.458. The second kappa shape index (κ2) is 6.62. The van der Waals surface area contributed by atoms with E-state index in [2.05, 4.69) is 29.2 Å². The van der Waals surface area contributed by atoms with Crippen LogP contribution in [0.5, 0.6) is 11.5 Å². The van der Waals surface area contributed by atoms with Crippen molar-refractivity contribution in [2.75, 3.05) is 32.1 Å². The summed E-state index contributed by atoms with van der Waals surface area (Å²) in [6, 6.07) is 11.4. The van der Waals surface area contributed by atoms with Crippen LogP contribution in [0.3, 0.4) is 0 Å². The molecule has 4 aliphatic rings. The molecule has 6 rings (SSSR count). The Labute approximate surface area is 176 Å². The lowest BCUT2D eigenvalue weighted by Crippen LogP contribution is -2.76. The molecule has 1 amide bonds. The summed E-state index contributed by atoms with van der Waals surface area (Å²) >= 11 is 0. The van der Waals surface area contributed by atoms with E-state index in [1.807, 2.05) is 0 Å². The summed E-state index contributed by atoms with van der Waals surface area (Å²) in [5.74, 6) is -1.69. The van der Waals surface area contributed by atoms with Crippen molar-refractivity contribution in [2.45, 2.75) is 43.1 Å². The van der Waals surface area contributed by atoms with E-state index in [0.717, 1.165) is 38.4 Å². The molecular formula is C24H27FN2O3. The van der Waals surface area contributed by atoms with E-state index in [1.165, 1.54) is 37.3 Å². The van der Waals surface area contributed by atoms with Crippen LogP contribution in [-0.2, 0) is 5.41 Å². The van der Waals surface area contributed by atoms with Gasteiger partial charge in [-0.3, -0.25) is 4.79 Å². The topological polar surface area (TPSA) is 53.0 Å². The van der Waals surface area contributed by atoms with E-state index < -0.39 is 11.6 Å². The number of phenols is 1. The molecule has 30 heavy (non-hydrogen) atoms. The minimum Gasteiger partial charge on any atom is -0.502 e. The van der Waals surface area contributed by atoms with Crippen molar-refractivity contribution in [1.82, 2.24) is 4.90 Å². The van der Waals surface area contributed by atoms with Gasteiger partial charge in [0.25, 0.3) is 5.91 Å². The molecule has 1 N–H and O–H groups in total. The minimum atomic E-state index is -0.849. The smallest absolute Gasteiger partial charge is 0.254 e. The predicted molar refractivity (Wildman–Crippen MR) is 113 cm³/mol. The van der Waals surface area contributed by atoms with E-state index in [9.17, 15) is 14.3 Å². The van der Waals surface area contributed by atoms with E-state index in [4.69, 9.17) is 4.74 Å². The minimum absolute atomic E-state index is 0.0288. The Kier molecular flexibility index (Phi) is 4.24. The Hall–Kier alpha value is -2.76. The van der Waals surface area contributed by atoms with Gasteiger partial charge in [-0.15, -0.1) is 0 Å². The van der Waals surface area contributed by atoms with E-state index in [-0.39, 0.29) is 28.2 Å². The van der Waals surface area contributed by atoms with Crippen molar-refractivity contribution in [1.29, 1.82) is 0 Å². The summed E-state index contributed by atoms with van der Waals surface area (Å²) in [7, 11) is 3.13. The van der Waals surface area contributed by atoms with Gasteiger partial charge in [-0.05, 0) is 61.9 Å². The fourth-order valence-electron chi connectivity index (χ4n) is 5.66. The highest BCUT2D eigenvalue weighted by Crippen LogP contribution is 2.70. The number of aromatic hydroxyl groups is 1. The Morgan fingerprint density at radius 2 is 1.77 bits per heavy atom. The van der Waals surface area contributed by atoms with Crippen LogP contribution < -0.4 is 9.64 Å². The summed E-state index contributed by atoms with van der Waals surface area (Å²) in [6.07, 6.45) is 5.34. The van der Waals surface area contributed by atoms with Crippen molar-refractivity contribution < 1.29 is 19.0 Å². The molecule has 0 radical (unpaired) electrons. The predicted octanol–water partition coefficient (Wildman–Crippen LogP) is 4.09. The average molecular weight is 410 g/mol. The Balaban J connectivity index is 1.28. The third-order valence-corrected chi connectivity index (χ3v) is 7.46. The number of phenolic OH excluding ortho intramolecular Hbond substituents is 1. The number of hydrogen-bond donors (Lipinski definition) is 1. The van der Waals surface area contributed by atoms with Gasteiger partial charge in [-0.25, -0.2) is 4.39 Å². The lowest BCUT2D eigenvalue weighted by Gasteiger charge is -2.73. The summed E-state index contributed by atoms with van der Waals surface area (Å²) in [6.45, 7) is 2.28. The van der Waals surface area contributed by atoms with Gasteiger partial charge >= 0.3 is 0 Å². The van der Waals surface area contributed by atoms with Crippen molar-refractivity contribution in [3.8, 4) is 11.5 Å². The van der Waals surface area contributed by atoms with Crippen LogP contribution in [0.25, 0.3) is 0 Å². The molecule has 1 aliphatic heterocycles. The van der Waals surface area contributed by atoms with Crippen LogP contribution in [0.4, 0.5) is 10.1 Å². The van der Waals surface area contributed by atoms with E-state index in [1.54, 1.807) is 11.9 Å². The van der Waals surface area contributed by atoms with Gasteiger partial charge in [0.2, 0.25) is 0 Å². The van der Waals surface area contributed by atoms with Crippen LogP contribution in [0.2, 0.25) is 0 Å². The first-order chi connectivity index (χ1) is 14.4. The number of halogens is 1. The van der Waals surface area contributed by atoms with Crippen molar-refractivity contribution in [3.05, 3.63) is 53.3 Å². The number of hydrogen-bond acceptors (Lipinski definition) is 4. The monoisotopic (exact) mass is 410 g/mol. The number of nitrogens with zero attached hydrogens (tertiary/aromatic N) is 2. The number of ether oxygens (including phenoxy) is 1. The largest absolute Gasteiger partial charge is 0.502 e. The van der Waals surface area contributed by atoms with Crippen LogP contribution in [-0.4, -0.2) is 48.7 Å². The molecule has 3 aliphatic carbocycles. The molecule has 158 valence electrons. The molecule has 4 fully saturated rings. The Morgan fingerprint density at radius 1 is 1.13 bits per heavy atom. The van der Waals surface area contributed by atoms with Gasteiger partial charge < -0.3 is 19.6 Å². The lowest BCUT2D eigenvalue weighted by molar-refractivity contribution is -0.143. The molecule has 0 atom stereocenters. The summed E-state index contributed by atoms with van der Waals surface area (Å²) < 4.78 is 19.0. The number of carbonyl (C=O) groups is 1. The molecule has 2 bridgehead atoms. The average Bonchev–Trinajstić information content (AvgIpc) is 3.22. The standard InChI is InChI=1S/C24H27FN2O3/c1-26(22(29)16-11-19(25)21(28)20(12-16)30-2)24-13-23(14-24,15-24)17-5-7-18(8-6-17)27-9-3-4-10-27/h5-8,11-12,28H,3-4,9-10,13-15H2,1-2H3. The number of anilines is 1. The van der Waals surface area contributed by atoms with Crippen molar-refractivity contribution in [3.63, 3.8) is 0 Å². The second-order valence-electron chi connectivity index (χ2n) is 9.15. The zero-order valence-corrected chi connectivity index (χ0v) is 17.4. The number of rotatable bonds is 5. The zero-order valence-electron chi connectivity index (χ0n) is 17.4. The number of methoxy groups -OCH3 is 1. The molecule has 3 saturated carbocycles. The normalized spacial score (nSPS) is 26.7. The summed E-state index contributed by atoms with van der Waals surface area (Å²) in [5.41, 5.74) is 2.85. The van der Waals surface area contributed by atoms with Gasteiger partial charge in [0, 0.05) is 42.3 Å².